The highest BCUT2D eigenvalue weighted by Crippen LogP contribution is 2.19. The maximum atomic E-state index is 13.1. The van der Waals surface area contributed by atoms with Crippen molar-refractivity contribution in [3.63, 3.8) is 0 Å². The van der Waals surface area contributed by atoms with Crippen LogP contribution in [0.2, 0.25) is 0 Å². The Morgan fingerprint density at radius 1 is 0.938 bits per heavy atom. The number of piperazine rings is 1. The predicted molar refractivity (Wildman–Crippen MR) is 127 cm³/mol. The van der Waals surface area contributed by atoms with Crippen molar-refractivity contribution in [2.45, 2.75) is 20.3 Å². The first-order valence-corrected chi connectivity index (χ1v) is 11.2. The summed E-state index contributed by atoms with van der Waals surface area (Å²) in [4.78, 5) is 29.6. The molecule has 0 atom stereocenters. The summed E-state index contributed by atoms with van der Waals surface area (Å²) in [6.07, 6.45) is 4.85. The number of carbonyl (C=O) groups excluding carboxylic acids is 2. The van der Waals surface area contributed by atoms with Gasteiger partial charge in [-0.15, -0.1) is 0 Å². The molecule has 3 aromatic rings. The Bertz CT molecular complexity index is 1080. The van der Waals surface area contributed by atoms with Crippen molar-refractivity contribution < 1.29 is 9.59 Å². The maximum Gasteiger partial charge on any atom is 0.254 e. The summed E-state index contributed by atoms with van der Waals surface area (Å²) in [5, 5.41) is 3.03. The standard InChI is InChI=1S/C26H30N4O2/c1-3-21-8-4-5-9-23(21)27-25(31)19-28-14-16-30(17-15-28)26(32)22-11-10-20(2)24(18-22)29-12-6-7-13-29/h4-13,18H,3,14-17,19H2,1-2H3,(H,27,31). The van der Waals surface area contributed by atoms with Gasteiger partial charge in [0, 0.05) is 55.5 Å². The van der Waals surface area contributed by atoms with Crippen LogP contribution in [-0.2, 0) is 11.2 Å². The monoisotopic (exact) mass is 430 g/mol. The molecule has 166 valence electrons. The predicted octanol–water partition coefficient (Wildman–Crippen LogP) is 3.74. The summed E-state index contributed by atoms with van der Waals surface area (Å²) < 4.78 is 2.03. The maximum absolute atomic E-state index is 13.1. The van der Waals surface area contributed by atoms with Gasteiger partial charge in [0.05, 0.1) is 6.54 Å². The van der Waals surface area contributed by atoms with E-state index < -0.39 is 0 Å². The molecule has 32 heavy (non-hydrogen) atoms. The third-order valence-corrected chi connectivity index (χ3v) is 6.04. The van der Waals surface area contributed by atoms with E-state index in [0.29, 0.717) is 38.3 Å². The van der Waals surface area contributed by atoms with Gasteiger partial charge in [0.2, 0.25) is 5.91 Å². The summed E-state index contributed by atoms with van der Waals surface area (Å²) in [7, 11) is 0. The fourth-order valence-corrected chi connectivity index (χ4v) is 4.15. The van der Waals surface area contributed by atoms with Crippen LogP contribution in [0.25, 0.3) is 5.69 Å². The van der Waals surface area contributed by atoms with E-state index in [1.54, 1.807) is 0 Å². The molecule has 1 N–H and O–H groups in total. The Hall–Kier alpha value is -3.38. The molecule has 0 saturated carbocycles. The number of aromatic nitrogens is 1. The molecule has 0 unspecified atom stereocenters. The van der Waals surface area contributed by atoms with E-state index in [2.05, 4.69) is 17.1 Å². The van der Waals surface area contributed by atoms with Gasteiger partial charge in [-0.2, -0.15) is 0 Å². The van der Waals surface area contributed by atoms with Crippen LogP contribution in [0, 0.1) is 6.92 Å². The van der Waals surface area contributed by atoms with Crippen molar-refractivity contribution in [2.75, 3.05) is 38.0 Å². The summed E-state index contributed by atoms with van der Waals surface area (Å²) in [5.41, 5.74) is 4.85. The van der Waals surface area contributed by atoms with Crippen LogP contribution in [0.1, 0.15) is 28.4 Å². The summed E-state index contributed by atoms with van der Waals surface area (Å²) in [6.45, 7) is 7.07. The number of anilines is 1. The van der Waals surface area contributed by atoms with E-state index in [4.69, 9.17) is 0 Å². The van der Waals surface area contributed by atoms with Gasteiger partial charge in [-0.05, 0) is 54.8 Å². The Labute approximate surface area is 189 Å². The zero-order valence-electron chi connectivity index (χ0n) is 18.8. The lowest BCUT2D eigenvalue weighted by atomic mass is 10.1. The Morgan fingerprint density at radius 2 is 1.66 bits per heavy atom. The molecule has 0 aliphatic carbocycles. The number of nitrogens with one attached hydrogen (secondary N) is 1. The first-order valence-electron chi connectivity index (χ1n) is 11.2. The van der Waals surface area contributed by atoms with Crippen molar-refractivity contribution >= 4 is 17.5 Å². The van der Waals surface area contributed by atoms with Gasteiger partial charge in [0.15, 0.2) is 0 Å². The largest absolute Gasteiger partial charge is 0.336 e. The molecule has 2 heterocycles. The Kier molecular flexibility index (Phi) is 6.71. The molecule has 2 amide bonds. The van der Waals surface area contributed by atoms with Crippen LogP contribution < -0.4 is 5.32 Å². The number of benzene rings is 2. The molecule has 6 heteroatoms. The van der Waals surface area contributed by atoms with Gasteiger partial charge < -0.3 is 14.8 Å². The van der Waals surface area contributed by atoms with Crippen LogP contribution in [0.4, 0.5) is 5.69 Å². The molecule has 4 rings (SSSR count). The molecule has 1 aromatic heterocycles. The zero-order valence-corrected chi connectivity index (χ0v) is 18.8. The number of rotatable bonds is 6. The highest BCUT2D eigenvalue weighted by atomic mass is 16.2. The molecule has 2 aromatic carbocycles. The first-order chi connectivity index (χ1) is 15.5. The van der Waals surface area contributed by atoms with Crippen LogP contribution in [0.15, 0.2) is 67.0 Å². The lowest BCUT2D eigenvalue weighted by Crippen LogP contribution is -2.50. The molecule has 1 aliphatic rings. The average molecular weight is 431 g/mol. The summed E-state index contributed by atoms with van der Waals surface area (Å²) in [6, 6.07) is 17.7. The number of nitrogens with zero attached hydrogens (tertiary/aromatic N) is 3. The number of hydrogen-bond acceptors (Lipinski definition) is 3. The van der Waals surface area contributed by atoms with E-state index >= 15 is 0 Å². The highest BCUT2D eigenvalue weighted by molar-refractivity contribution is 5.95. The molecule has 6 nitrogen and oxygen atoms in total. The number of para-hydroxylation sites is 1. The minimum atomic E-state index is -0.0134. The van der Waals surface area contributed by atoms with E-state index in [9.17, 15) is 9.59 Å². The fourth-order valence-electron chi connectivity index (χ4n) is 4.15. The van der Waals surface area contributed by atoms with Crippen LogP contribution in [-0.4, -0.2) is 58.9 Å². The number of carbonyl (C=O) groups is 2. The van der Waals surface area contributed by atoms with Crippen molar-refractivity contribution in [3.8, 4) is 5.69 Å². The Balaban J connectivity index is 1.33. The van der Waals surface area contributed by atoms with E-state index in [0.717, 1.165) is 28.9 Å². The van der Waals surface area contributed by atoms with E-state index in [1.165, 1.54) is 0 Å². The van der Waals surface area contributed by atoms with Gasteiger partial charge >= 0.3 is 0 Å². The molecular weight excluding hydrogens is 400 g/mol. The lowest BCUT2D eigenvalue weighted by molar-refractivity contribution is -0.117. The second-order valence-corrected chi connectivity index (χ2v) is 8.22. The van der Waals surface area contributed by atoms with E-state index in [1.807, 2.05) is 83.4 Å². The van der Waals surface area contributed by atoms with Crippen LogP contribution >= 0.6 is 0 Å². The SMILES string of the molecule is CCc1ccccc1NC(=O)CN1CCN(C(=O)c2ccc(C)c(-n3cccc3)c2)CC1. The fraction of sp³-hybridized carbons (Fsp3) is 0.308. The van der Waals surface area contributed by atoms with Gasteiger partial charge in [0.25, 0.3) is 5.91 Å². The van der Waals surface area contributed by atoms with Gasteiger partial charge in [0.1, 0.15) is 0 Å². The van der Waals surface area contributed by atoms with Crippen molar-refractivity contribution in [1.82, 2.24) is 14.4 Å². The summed E-state index contributed by atoms with van der Waals surface area (Å²) >= 11 is 0. The first kappa shape index (κ1) is 21.8. The molecule has 1 saturated heterocycles. The van der Waals surface area contributed by atoms with Crippen molar-refractivity contribution in [3.05, 3.63) is 83.7 Å². The third-order valence-electron chi connectivity index (χ3n) is 6.04. The smallest absolute Gasteiger partial charge is 0.254 e. The lowest BCUT2D eigenvalue weighted by Gasteiger charge is -2.34. The normalized spacial score (nSPS) is 14.4. The van der Waals surface area contributed by atoms with E-state index in [-0.39, 0.29) is 11.8 Å². The molecular formula is C26H30N4O2. The highest BCUT2D eigenvalue weighted by Gasteiger charge is 2.24. The average Bonchev–Trinajstić information content (AvgIpc) is 3.34. The number of aryl methyl sites for hydroxylation is 2. The van der Waals surface area contributed by atoms with Crippen molar-refractivity contribution in [1.29, 1.82) is 0 Å². The molecule has 0 spiro atoms. The molecule has 0 bridgehead atoms. The molecule has 1 aliphatic heterocycles. The van der Waals surface area contributed by atoms with Crippen molar-refractivity contribution in [2.24, 2.45) is 0 Å². The topological polar surface area (TPSA) is 57.6 Å². The number of amides is 2. The third kappa shape index (κ3) is 4.92. The second kappa shape index (κ2) is 9.83. The molecule has 1 fully saturated rings. The zero-order chi connectivity index (χ0) is 22.5. The minimum Gasteiger partial charge on any atom is -0.336 e. The molecule has 0 radical (unpaired) electrons. The number of hydrogen-bond donors (Lipinski definition) is 1. The van der Waals surface area contributed by atoms with Gasteiger partial charge in [-0.1, -0.05) is 31.2 Å². The Morgan fingerprint density at radius 3 is 2.38 bits per heavy atom. The van der Waals surface area contributed by atoms with Gasteiger partial charge in [-0.3, -0.25) is 14.5 Å². The summed E-state index contributed by atoms with van der Waals surface area (Å²) in [5.74, 6) is 0.0277. The minimum absolute atomic E-state index is 0.0134. The van der Waals surface area contributed by atoms with Crippen LogP contribution in [0.3, 0.4) is 0 Å². The van der Waals surface area contributed by atoms with Gasteiger partial charge in [-0.25, -0.2) is 0 Å². The quantitative estimate of drug-likeness (QED) is 0.648. The second-order valence-electron chi connectivity index (χ2n) is 8.22. The van der Waals surface area contributed by atoms with Crippen LogP contribution in [0.5, 0.6) is 0 Å².